The van der Waals surface area contributed by atoms with Gasteiger partial charge in [-0.25, -0.2) is 9.80 Å². The van der Waals surface area contributed by atoms with E-state index in [0.29, 0.717) is 44.5 Å². The highest BCUT2D eigenvalue weighted by Crippen LogP contribution is 2.65. The van der Waals surface area contributed by atoms with Crippen LogP contribution in [0.3, 0.4) is 0 Å². The summed E-state index contributed by atoms with van der Waals surface area (Å²) in [7, 11) is 0. The first-order chi connectivity index (χ1) is 27.5. The molecule has 14 heteroatoms. The van der Waals surface area contributed by atoms with E-state index in [4.69, 9.17) is 11.6 Å². The molecule has 2 aliphatic heterocycles. The monoisotopic (exact) mass is 814 g/mol. The highest BCUT2D eigenvalue weighted by Gasteiger charge is 2.70. The van der Waals surface area contributed by atoms with Gasteiger partial charge in [-0.3, -0.25) is 19.2 Å². The number of nitrogens with zero attached hydrogens (tertiary/aromatic N) is 2. The van der Waals surface area contributed by atoms with Crippen molar-refractivity contribution in [3.05, 3.63) is 148 Å². The van der Waals surface area contributed by atoms with Crippen LogP contribution in [0.1, 0.15) is 41.0 Å². The van der Waals surface area contributed by atoms with E-state index in [2.05, 4.69) is 0 Å². The maximum Gasteiger partial charge on any atom is 0.416 e. The number of carbonyl (C=O) groups excluding carboxylic acids is 4. The molecule has 7 nitrogen and oxygen atoms in total. The van der Waals surface area contributed by atoms with Crippen molar-refractivity contribution in [2.75, 3.05) is 9.80 Å². The van der Waals surface area contributed by atoms with E-state index in [-0.39, 0.29) is 35.4 Å². The highest BCUT2D eigenvalue weighted by molar-refractivity contribution is 6.32. The Kier molecular flexibility index (Phi) is 8.45. The Hall–Kier alpha value is -5.95. The lowest BCUT2D eigenvalue weighted by molar-refractivity contribution is -0.143. The molecule has 6 atom stereocenters. The lowest BCUT2D eigenvalue weighted by Crippen LogP contribution is -2.53. The van der Waals surface area contributed by atoms with Crippen molar-refractivity contribution in [3.63, 3.8) is 0 Å². The number of allylic oxidation sites excluding steroid dienone is 2. The quantitative estimate of drug-likeness (QED) is 0.111. The third kappa shape index (κ3) is 5.42. The number of amides is 4. The second-order valence-corrected chi connectivity index (χ2v) is 15.5. The highest BCUT2D eigenvalue weighted by atomic mass is 35.5. The van der Waals surface area contributed by atoms with E-state index in [1.54, 1.807) is 84.9 Å². The zero-order valence-corrected chi connectivity index (χ0v) is 30.6. The normalized spacial score (nSPS) is 25.8. The fourth-order valence-electron chi connectivity index (χ4n) is 9.97. The molecule has 1 N–H and O–H groups in total. The van der Waals surface area contributed by atoms with Crippen molar-refractivity contribution in [1.82, 2.24) is 0 Å². The summed E-state index contributed by atoms with van der Waals surface area (Å²) in [5.74, 6) is -8.93. The number of phenols is 1. The van der Waals surface area contributed by atoms with Crippen LogP contribution >= 0.6 is 11.6 Å². The van der Waals surface area contributed by atoms with Crippen LogP contribution in [0, 0.1) is 23.7 Å². The molecule has 4 amide bonds. The van der Waals surface area contributed by atoms with Gasteiger partial charge in [-0.1, -0.05) is 90.0 Å². The number of carbonyl (C=O) groups is 4. The van der Waals surface area contributed by atoms with Gasteiger partial charge in [0.1, 0.15) is 5.75 Å². The molecule has 0 bridgehead atoms. The maximum absolute atomic E-state index is 15.5. The Morgan fingerprint density at radius 2 is 1.31 bits per heavy atom. The summed E-state index contributed by atoms with van der Waals surface area (Å²) in [5.41, 5.74) is -4.22. The van der Waals surface area contributed by atoms with Crippen LogP contribution in [-0.4, -0.2) is 28.7 Å². The van der Waals surface area contributed by atoms with Crippen LogP contribution in [0.25, 0.3) is 10.8 Å². The second-order valence-electron chi connectivity index (χ2n) is 15.1. The van der Waals surface area contributed by atoms with Gasteiger partial charge in [0.05, 0.1) is 45.7 Å². The molecule has 4 aliphatic rings. The molecule has 2 aliphatic carbocycles. The standard InChI is InChI=1S/C44H29ClF6N2O5/c45-25-9-6-10-26(20-25)53-39(56)34-21-33-31(13-14-32-36(33)40(57)52(38(32)55)27-18-23(43(46,47)48)17-24(19-27)44(49,50)51)37(42(34,41(53)58)22-7-2-1-3-8-22)30-15-16-35(54)29-12-5-4-11-28(29)30/h1-13,15-20,32-34,36-37,54H,14,21H2. The van der Waals surface area contributed by atoms with Crippen LogP contribution in [0.15, 0.2) is 121 Å². The minimum Gasteiger partial charge on any atom is -0.507 e. The summed E-state index contributed by atoms with van der Waals surface area (Å²) >= 11 is 6.37. The van der Waals surface area contributed by atoms with E-state index < -0.39 is 87.8 Å². The molecule has 3 fully saturated rings. The average molecular weight is 815 g/mol. The lowest BCUT2D eigenvalue weighted by atomic mass is 9.49. The number of hydrogen-bond acceptors (Lipinski definition) is 5. The fraction of sp³-hybridized carbons (Fsp3) is 0.227. The Morgan fingerprint density at radius 3 is 1.97 bits per heavy atom. The predicted molar refractivity (Wildman–Crippen MR) is 201 cm³/mol. The van der Waals surface area contributed by atoms with Crippen LogP contribution in [0.4, 0.5) is 37.7 Å². The number of alkyl halides is 6. The molecule has 5 aromatic carbocycles. The summed E-state index contributed by atoms with van der Waals surface area (Å²) in [4.78, 5) is 60.8. The van der Waals surface area contributed by atoms with Crippen molar-refractivity contribution in [3.8, 4) is 5.75 Å². The van der Waals surface area contributed by atoms with Gasteiger partial charge in [0.2, 0.25) is 23.6 Å². The number of rotatable bonds is 4. The van der Waals surface area contributed by atoms with E-state index in [9.17, 15) is 41.0 Å². The zero-order valence-electron chi connectivity index (χ0n) is 29.9. The van der Waals surface area contributed by atoms with Gasteiger partial charge in [0.15, 0.2) is 0 Å². The predicted octanol–water partition coefficient (Wildman–Crippen LogP) is 9.60. The zero-order chi connectivity index (χ0) is 41.1. The van der Waals surface area contributed by atoms with Crippen molar-refractivity contribution in [2.24, 2.45) is 23.7 Å². The van der Waals surface area contributed by atoms with Gasteiger partial charge in [0, 0.05) is 16.3 Å². The van der Waals surface area contributed by atoms with Gasteiger partial charge in [-0.15, -0.1) is 0 Å². The van der Waals surface area contributed by atoms with Crippen LogP contribution < -0.4 is 9.80 Å². The van der Waals surface area contributed by atoms with Crippen molar-refractivity contribution in [2.45, 2.75) is 36.5 Å². The molecule has 2 saturated heterocycles. The van der Waals surface area contributed by atoms with Gasteiger partial charge in [0.25, 0.3) is 0 Å². The Bertz CT molecular complexity index is 2590. The molecule has 294 valence electrons. The van der Waals surface area contributed by atoms with Gasteiger partial charge in [-0.05, 0) is 77.7 Å². The molecule has 2 heterocycles. The van der Waals surface area contributed by atoms with E-state index in [1.165, 1.54) is 12.1 Å². The molecule has 6 unspecified atom stereocenters. The van der Waals surface area contributed by atoms with Crippen molar-refractivity contribution < 1.29 is 50.6 Å². The minimum atomic E-state index is -5.24. The molecule has 0 radical (unpaired) electrons. The number of phenolic OH excluding ortho intramolecular Hbond substituents is 1. The van der Waals surface area contributed by atoms with E-state index in [0.717, 1.165) is 4.90 Å². The lowest BCUT2D eigenvalue weighted by Gasteiger charge is -2.51. The Labute approximate surface area is 331 Å². The summed E-state index contributed by atoms with van der Waals surface area (Å²) < 4.78 is 83.8. The Balaban J connectivity index is 1.27. The molecular weight excluding hydrogens is 786 g/mol. The van der Waals surface area contributed by atoms with Crippen LogP contribution in [0.5, 0.6) is 5.75 Å². The number of anilines is 2. The summed E-state index contributed by atoms with van der Waals surface area (Å²) in [6.07, 6.45) is -9.06. The SMILES string of the molecule is O=C1C2CC=C3C(CC4C(=O)N(c5cccc(Cl)c5)C(=O)C4(c4ccccc4)C3c3ccc(O)c4ccccc34)C2C(=O)N1c1cc(C(F)(F)F)cc(C(F)(F)F)c1. The van der Waals surface area contributed by atoms with Gasteiger partial charge >= 0.3 is 12.4 Å². The van der Waals surface area contributed by atoms with Crippen LogP contribution in [-0.2, 0) is 36.9 Å². The minimum absolute atomic E-state index is 0.0596. The van der Waals surface area contributed by atoms with E-state index in [1.807, 2.05) is 0 Å². The number of fused-ring (bicyclic) bond motifs is 5. The van der Waals surface area contributed by atoms with Gasteiger partial charge in [-0.2, -0.15) is 26.3 Å². The first kappa shape index (κ1) is 37.6. The first-order valence-corrected chi connectivity index (χ1v) is 18.7. The smallest absolute Gasteiger partial charge is 0.416 e. The van der Waals surface area contributed by atoms with Gasteiger partial charge < -0.3 is 5.11 Å². The van der Waals surface area contributed by atoms with Crippen molar-refractivity contribution >= 4 is 57.4 Å². The number of imide groups is 2. The second kappa shape index (κ2) is 13.0. The third-order valence-corrected chi connectivity index (χ3v) is 12.5. The molecule has 0 spiro atoms. The average Bonchev–Trinajstić information content (AvgIpc) is 3.58. The van der Waals surface area contributed by atoms with Crippen LogP contribution in [0.2, 0.25) is 5.02 Å². The van der Waals surface area contributed by atoms with E-state index >= 15 is 9.59 Å². The molecule has 0 aromatic heterocycles. The molecule has 5 aromatic rings. The first-order valence-electron chi connectivity index (χ1n) is 18.3. The summed E-state index contributed by atoms with van der Waals surface area (Å²) in [5, 5.41) is 12.2. The molecule has 9 rings (SSSR count). The number of benzene rings is 5. The third-order valence-electron chi connectivity index (χ3n) is 12.2. The van der Waals surface area contributed by atoms with Crippen molar-refractivity contribution in [1.29, 1.82) is 0 Å². The Morgan fingerprint density at radius 1 is 0.655 bits per heavy atom. The number of hydrogen-bond donors (Lipinski definition) is 1. The molecular formula is C44H29ClF6N2O5. The largest absolute Gasteiger partial charge is 0.507 e. The number of halogens is 7. The summed E-state index contributed by atoms with van der Waals surface area (Å²) in [6, 6.07) is 25.5. The number of aromatic hydroxyl groups is 1. The molecule has 1 saturated carbocycles. The maximum atomic E-state index is 15.5. The fourth-order valence-corrected chi connectivity index (χ4v) is 10.2. The topological polar surface area (TPSA) is 95.0 Å². The molecule has 58 heavy (non-hydrogen) atoms. The summed E-state index contributed by atoms with van der Waals surface area (Å²) in [6.45, 7) is 0.